The number of aryl methyl sites for hydroxylation is 1. The van der Waals surface area contributed by atoms with Gasteiger partial charge in [-0.25, -0.2) is 0 Å². The normalized spacial score (nSPS) is 19.5. The van der Waals surface area contributed by atoms with Gasteiger partial charge in [-0.05, 0) is 61.8 Å². The highest BCUT2D eigenvalue weighted by atomic mass is 16.5. The van der Waals surface area contributed by atoms with Crippen LogP contribution >= 0.6 is 0 Å². The van der Waals surface area contributed by atoms with Gasteiger partial charge >= 0.3 is 0 Å². The fourth-order valence-corrected chi connectivity index (χ4v) is 4.22. The average molecular weight is 381 g/mol. The second-order valence-electron chi connectivity index (χ2n) is 8.36. The van der Waals surface area contributed by atoms with Gasteiger partial charge in [0.2, 0.25) is 0 Å². The Labute approximate surface area is 171 Å². The molecule has 1 aliphatic rings. The van der Waals surface area contributed by atoms with E-state index in [1.807, 2.05) is 12.4 Å². The van der Waals surface area contributed by atoms with E-state index in [0.29, 0.717) is 0 Å². The van der Waals surface area contributed by atoms with Crippen LogP contribution in [0, 0.1) is 11.8 Å². The van der Waals surface area contributed by atoms with Crippen LogP contribution in [0.3, 0.4) is 0 Å². The van der Waals surface area contributed by atoms with Crippen molar-refractivity contribution in [3.63, 3.8) is 0 Å². The van der Waals surface area contributed by atoms with E-state index in [1.54, 1.807) is 0 Å². The molecule has 1 aromatic heterocycles. The van der Waals surface area contributed by atoms with Crippen LogP contribution in [0.4, 0.5) is 0 Å². The zero-order valence-electron chi connectivity index (χ0n) is 17.7. The molecule has 1 fully saturated rings. The van der Waals surface area contributed by atoms with Crippen molar-refractivity contribution in [2.24, 2.45) is 11.8 Å². The Morgan fingerprint density at radius 2 is 1.61 bits per heavy atom. The van der Waals surface area contributed by atoms with Crippen LogP contribution in [0.25, 0.3) is 11.3 Å². The molecule has 0 saturated heterocycles. The van der Waals surface area contributed by atoms with Gasteiger partial charge < -0.3 is 4.74 Å². The molecule has 0 unspecified atom stereocenters. The largest absolute Gasteiger partial charge is 0.493 e. The third kappa shape index (κ3) is 6.32. The highest BCUT2D eigenvalue weighted by molar-refractivity contribution is 5.58. The van der Waals surface area contributed by atoms with Gasteiger partial charge in [0.05, 0.1) is 24.2 Å². The molecule has 1 saturated carbocycles. The first kappa shape index (κ1) is 20.8. The lowest BCUT2D eigenvalue weighted by Gasteiger charge is -2.28. The van der Waals surface area contributed by atoms with E-state index in [0.717, 1.165) is 47.6 Å². The third-order valence-electron chi connectivity index (χ3n) is 6.04. The Balaban J connectivity index is 1.46. The molecule has 1 aliphatic carbocycles. The van der Waals surface area contributed by atoms with E-state index < -0.39 is 0 Å². The van der Waals surface area contributed by atoms with Gasteiger partial charge in [0.25, 0.3) is 0 Å². The molecule has 1 heterocycles. The molecular formula is C25H36N2O. The molecule has 28 heavy (non-hydrogen) atoms. The first-order valence-corrected chi connectivity index (χ1v) is 11.3. The summed E-state index contributed by atoms with van der Waals surface area (Å²) in [6.07, 6.45) is 16.7. The number of hydrogen-bond acceptors (Lipinski definition) is 3. The number of nitrogens with zero attached hydrogens (tertiary/aromatic N) is 2. The van der Waals surface area contributed by atoms with Crippen molar-refractivity contribution in [3.8, 4) is 17.0 Å². The van der Waals surface area contributed by atoms with E-state index in [4.69, 9.17) is 4.74 Å². The summed E-state index contributed by atoms with van der Waals surface area (Å²) in [6.45, 7) is 5.37. The highest BCUT2D eigenvalue weighted by Gasteiger charge is 2.20. The minimum absolute atomic E-state index is 0.721. The van der Waals surface area contributed by atoms with Gasteiger partial charge in [0.1, 0.15) is 5.75 Å². The van der Waals surface area contributed by atoms with Crippen LogP contribution in [-0.2, 0) is 6.42 Å². The van der Waals surface area contributed by atoms with E-state index in [9.17, 15) is 0 Å². The smallest absolute Gasteiger partial charge is 0.119 e. The molecule has 2 aromatic rings. The first-order chi connectivity index (χ1) is 13.8. The molecular weight excluding hydrogens is 344 g/mol. The zero-order chi connectivity index (χ0) is 19.6. The number of hydrogen-bond donors (Lipinski definition) is 0. The fourth-order valence-electron chi connectivity index (χ4n) is 4.22. The lowest BCUT2D eigenvalue weighted by Crippen LogP contribution is -2.20. The third-order valence-corrected chi connectivity index (χ3v) is 6.04. The number of aromatic nitrogens is 2. The second kappa shape index (κ2) is 11.2. The molecule has 3 nitrogen and oxygen atoms in total. The molecule has 0 atom stereocenters. The standard InChI is InChI=1S/C25H36N2O/c1-3-5-6-8-23-17-27-25(18-26-23)22-13-15-24(16-14-22)28-19-21-11-9-20(7-4-2)10-12-21/h13-18,20-21H,3-12,19H2,1-2H3/t20-,21-. The Morgan fingerprint density at radius 1 is 0.857 bits per heavy atom. The zero-order valence-corrected chi connectivity index (χ0v) is 17.7. The quantitative estimate of drug-likeness (QED) is 0.422. The van der Waals surface area contributed by atoms with Gasteiger partial charge in [-0.3, -0.25) is 9.97 Å². The van der Waals surface area contributed by atoms with Crippen molar-refractivity contribution in [1.29, 1.82) is 0 Å². The fraction of sp³-hybridized carbons (Fsp3) is 0.600. The number of ether oxygens (including phenoxy) is 1. The van der Waals surface area contributed by atoms with Crippen molar-refractivity contribution >= 4 is 0 Å². The maximum atomic E-state index is 6.07. The maximum absolute atomic E-state index is 6.07. The second-order valence-corrected chi connectivity index (χ2v) is 8.36. The Hall–Kier alpha value is -1.90. The first-order valence-electron chi connectivity index (χ1n) is 11.3. The van der Waals surface area contributed by atoms with Crippen LogP contribution in [0.15, 0.2) is 36.7 Å². The molecule has 152 valence electrons. The van der Waals surface area contributed by atoms with Gasteiger partial charge in [0.15, 0.2) is 0 Å². The monoisotopic (exact) mass is 380 g/mol. The highest BCUT2D eigenvalue weighted by Crippen LogP contribution is 2.32. The topological polar surface area (TPSA) is 35.0 Å². The van der Waals surface area contributed by atoms with Gasteiger partial charge in [0, 0.05) is 11.8 Å². The summed E-state index contributed by atoms with van der Waals surface area (Å²) in [5, 5.41) is 0. The summed E-state index contributed by atoms with van der Waals surface area (Å²) in [4.78, 5) is 9.17. The lowest BCUT2D eigenvalue weighted by molar-refractivity contribution is 0.178. The van der Waals surface area contributed by atoms with Gasteiger partial charge in [-0.15, -0.1) is 0 Å². The van der Waals surface area contributed by atoms with Gasteiger partial charge in [-0.1, -0.05) is 52.4 Å². The van der Waals surface area contributed by atoms with Crippen molar-refractivity contribution in [1.82, 2.24) is 9.97 Å². The summed E-state index contributed by atoms with van der Waals surface area (Å²) in [5.74, 6) is 2.64. The summed E-state index contributed by atoms with van der Waals surface area (Å²) >= 11 is 0. The lowest BCUT2D eigenvalue weighted by atomic mass is 9.80. The average Bonchev–Trinajstić information content (AvgIpc) is 2.75. The van der Waals surface area contributed by atoms with Crippen LogP contribution in [0.2, 0.25) is 0 Å². The van der Waals surface area contributed by atoms with Crippen LogP contribution in [0.5, 0.6) is 5.75 Å². The van der Waals surface area contributed by atoms with E-state index in [-0.39, 0.29) is 0 Å². The minimum atomic E-state index is 0.721. The van der Waals surface area contributed by atoms with Crippen molar-refractivity contribution in [3.05, 3.63) is 42.4 Å². The molecule has 0 N–H and O–H groups in total. The molecule has 0 aliphatic heterocycles. The van der Waals surface area contributed by atoms with Gasteiger partial charge in [-0.2, -0.15) is 0 Å². The minimum Gasteiger partial charge on any atom is -0.493 e. The van der Waals surface area contributed by atoms with Crippen LogP contribution < -0.4 is 4.74 Å². The molecule has 3 rings (SSSR count). The van der Waals surface area contributed by atoms with Crippen LogP contribution in [-0.4, -0.2) is 16.6 Å². The van der Waals surface area contributed by atoms with Crippen molar-refractivity contribution in [2.45, 2.75) is 78.1 Å². The Bertz CT molecular complexity index is 673. The predicted molar refractivity (Wildman–Crippen MR) is 117 cm³/mol. The molecule has 0 bridgehead atoms. The van der Waals surface area contributed by atoms with Crippen molar-refractivity contribution in [2.75, 3.05) is 6.61 Å². The maximum Gasteiger partial charge on any atom is 0.119 e. The molecule has 0 spiro atoms. The Kier molecular flexibility index (Phi) is 8.32. The van der Waals surface area contributed by atoms with E-state index in [2.05, 4.69) is 48.1 Å². The summed E-state index contributed by atoms with van der Waals surface area (Å²) < 4.78 is 6.07. The SMILES string of the molecule is CCCCCc1cnc(-c2ccc(OC[C@H]3CC[C@H](CCC)CC3)cc2)cn1. The number of unbranched alkanes of at least 4 members (excludes halogenated alkanes) is 2. The molecule has 0 amide bonds. The summed E-state index contributed by atoms with van der Waals surface area (Å²) in [5.41, 5.74) is 3.12. The summed E-state index contributed by atoms with van der Waals surface area (Å²) in [7, 11) is 0. The van der Waals surface area contributed by atoms with E-state index >= 15 is 0 Å². The molecule has 0 radical (unpaired) electrons. The van der Waals surface area contributed by atoms with Crippen LogP contribution in [0.1, 0.15) is 77.3 Å². The molecule has 1 aromatic carbocycles. The predicted octanol–water partition coefficient (Wildman–Crippen LogP) is 6.86. The summed E-state index contributed by atoms with van der Waals surface area (Å²) in [6, 6.07) is 8.31. The molecule has 3 heteroatoms. The number of rotatable bonds is 10. The van der Waals surface area contributed by atoms with E-state index in [1.165, 1.54) is 57.8 Å². The number of benzene rings is 1. The van der Waals surface area contributed by atoms with Crippen molar-refractivity contribution < 1.29 is 4.74 Å². The Morgan fingerprint density at radius 3 is 2.25 bits per heavy atom.